The van der Waals surface area contributed by atoms with Gasteiger partial charge in [-0.2, -0.15) is 0 Å². The molecule has 1 saturated heterocycles. The van der Waals surface area contributed by atoms with Crippen LogP contribution in [0.25, 0.3) is 0 Å². The molecule has 2 aromatic rings. The summed E-state index contributed by atoms with van der Waals surface area (Å²) in [6.45, 7) is 3.48. The Labute approximate surface area is 160 Å². The topological polar surface area (TPSA) is 43.8 Å². The van der Waals surface area contributed by atoms with Gasteiger partial charge in [-0.3, -0.25) is 9.69 Å². The third kappa shape index (κ3) is 4.30. The van der Waals surface area contributed by atoms with Crippen molar-refractivity contribution in [2.45, 2.75) is 31.5 Å². The summed E-state index contributed by atoms with van der Waals surface area (Å²) in [5.74, 6) is 0.0690. The van der Waals surface area contributed by atoms with Gasteiger partial charge in [-0.1, -0.05) is 49.4 Å². The molecule has 1 fully saturated rings. The number of aromatic hydroxyl groups is 1. The average Bonchev–Trinajstić information content (AvgIpc) is 2.67. The van der Waals surface area contributed by atoms with E-state index in [1.807, 2.05) is 54.4 Å². The molecular formula is C22H27FN2O2. The Morgan fingerprint density at radius 2 is 1.74 bits per heavy atom. The van der Waals surface area contributed by atoms with Crippen molar-refractivity contribution in [3.05, 3.63) is 65.7 Å². The van der Waals surface area contributed by atoms with Crippen molar-refractivity contribution in [3.8, 4) is 5.75 Å². The quantitative estimate of drug-likeness (QED) is 0.819. The lowest BCUT2D eigenvalue weighted by Gasteiger charge is -2.37. The lowest BCUT2D eigenvalue weighted by molar-refractivity contribution is -0.141. The fourth-order valence-electron chi connectivity index (χ4n) is 3.74. The van der Waals surface area contributed by atoms with Crippen LogP contribution >= 0.6 is 0 Å². The normalized spacial score (nSPS) is 20.3. The lowest BCUT2D eigenvalue weighted by atomic mass is 9.73. The molecule has 0 aliphatic carbocycles. The predicted octanol–water partition coefficient (Wildman–Crippen LogP) is 3.55. The molecule has 0 radical (unpaired) electrons. The van der Waals surface area contributed by atoms with E-state index in [4.69, 9.17) is 0 Å². The van der Waals surface area contributed by atoms with E-state index in [9.17, 15) is 14.3 Å². The molecular weight excluding hydrogens is 343 g/mol. The molecule has 4 nitrogen and oxygen atoms in total. The summed E-state index contributed by atoms with van der Waals surface area (Å²) in [4.78, 5) is 16.0. The molecule has 0 saturated carbocycles. The summed E-state index contributed by atoms with van der Waals surface area (Å²) in [5, 5.41) is 9.63. The molecule has 1 heterocycles. The number of nitrogens with zero attached hydrogens (tertiary/aromatic N) is 2. The Bertz CT molecular complexity index is 766. The summed E-state index contributed by atoms with van der Waals surface area (Å²) in [7, 11) is 1.87. The molecule has 144 valence electrons. The van der Waals surface area contributed by atoms with Gasteiger partial charge in [-0.15, -0.1) is 0 Å². The maximum atomic E-state index is 14.3. The molecule has 1 amide bonds. The zero-order valence-corrected chi connectivity index (χ0v) is 15.9. The number of carbonyl (C=O) groups excluding carboxylic acids is 1. The van der Waals surface area contributed by atoms with Crippen molar-refractivity contribution in [1.29, 1.82) is 0 Å². The van der Waals surface area contributed by atoms with Crippen molar-refractivity contribution in [2.24, 2.45) is 0 Å². The standard InChI is InChI=1S/C22H27FN2O2/c1-22(17-6-4-3-5-7-17,18-8-10-19(26)11-9-18)13-12-21(27)25-15-14-24(2)16-20(25)23/h3-11,20,26H,12-16H2,1-2H3. The number of phenolic OH excluding ortho intramolecular Hbond substituents is 1. The minimum Gasteiger partial charge on any atom is -0.508 e. The maximum absolute atomic E-state index is 14.3. The molecule has 2 atom stereocenters. The van der Waals surface area contributed by atoms with E-state index in [1.54, 1.807) is 12.1 Å². The number of carbonyl (C=O) groups is 1. The van der Waals surface area contributed by atoms with Crippen molar-refractivity contribution >= 4 is 5.91 Å². The zero-order valence-electron chi connectivity index (χ0n) is 15.9. The van der Waals surface area contributed by atoms with E-state index in [0.717, 1.165) is 11.1 Å². The van der Waals surface area contributed by atoms with Crippen molar-refractivity contribution in [2.75, 3.05) is 26.7 Å². The van der Waals surface area contributed by atoms with Crippen LogP contribution in [-0.2, 0) is 10.2 Å². The van der Waals surface area contributed by atoms with Crippen LogP contribution < -0.4 is 0 Å². The van der Waals surface area contributed by atoms with Crippen LogP contribution in [0.15, 0.2) is 54.6 Å². The molecule has 2 aromatic carbocycles. The van der Waals surface area contributed by atoms with E-state index >= 15 is 0 Å². The number of hydrogen-bond acceptors (Lipinski definition) is 3. The summed E-state index contributed by atoms with van der Waals surface area (Å²) < 4.78 is 14.3. The minimum atomic E-state index is -1.24. The van der Waals surface area contributed by atoms with Gasteiger partial charge in [0.15, 0.2) is 6.30 Å². The number of halogens is 1. The molecule has 0 aromatic heterocycles. The van der Waals surface area contributed by atoms with Crippen LogP contribution in [0.1, 0.15) is 30.9 Å². The first-order valence-corrected chi connectivity index (χ1v) is 9.37. The second-order valence-electron chi connectivity index (χ2n) is 7.53. The molecule has 1 N–H and O–H groups in total. The minimum absolute atomic E-state index is 0.142. The van der Waals surface area contributed by atoms with Gasteiger partial charge in [0.25, 0.3) is 0 Å². The highest BCUT2D eigenvalue weighted by Crippen LogP contribution is 2.37. The number of alkyl halides is 1. The third-order valence-corrected chi connectivity index (χ3v) is 5.60. The van der Waals surface area contributed by atoms with Gasteiger partial charge in [0.1, 0.15) is 5.75 Å². The van der Waals surface area contributed by atoms with Gasteiger partial charge in [0.05, 0.1) is 0 Å². The number of benzene rings is 2. The van der Waals surface area contributed by atoms with E-state index < -0.39 is 11.7 Å². The predicted molar refractivity (Wildman–Crippen MR) is 104 cm³/mol. The Morgan fingerprint density at radius 1 is 1.11 bits per heavy atom. The summed E-state index contributed by atoms with van der Waals surface area (Å²) in [6, 6.07) is 17.1. The highest BCUT2D eigenvalue weighted by molar-refractivity contribution is 5.76. The zero-order chi connectivity index (χ0) is 19.4. The number of phenols is 1. The van der Waals surface area contributed by atoms with Gasteiger partial charge < -0.3 is 10.0 Å². The number of likely N-dealkylation sites (N-methyl/N-ethyl adjacent to an activating group) is 1. The smallest absolute Gasteiger partial charge is 0.224 e. The van der Waals surface area contributed by atoms with Crippen molar-refractivity contribution < 1.29 is 14.3 Å². The molecule has 0 spiro atoms. The summed E-state index contributed by atoms with van der Waals surface area (Å²) in [5.41, 5.74) is 1.72. The van der Waals surface area contributed by atoms with Crippen LogP contribution in [0, 0.1) is 0 Å². The molecule has 3 rings (SSSR count). The summed E-state index contributed by atoms with van der Waals surface area (Å²) in [6.07, 6.45) is -0.399. The average molecular weight is 370 g/mol. The van der Waals surface area contributed by atoms with E-state index in [2.05, 4.69) is 6.92 Å². The number of piperazine rings is 1. The van der Waals surface area contributed by atoms with Gasteiger partial charge in [-0.25, -0.2) is 4.39 Å². The molecule has 0 bridgehead atoms. The fraction of sp³-hybridized carbons (Fsp3) is 0.409. The molecule has 27 heavy (non-hydrogen) atoms. The first-order chi connectivity index (χ1) is 12.9. The number of amides is 1. The van der Waals surface area contributed by atoms with E-state index in [0.29, 0.717) is 19.5 Å². The maximum Gasteiger partial charge on any atom is 0.224 e. The van der Waals surface area contributed by atoms with Crippen molar-refractivity contribution in [3.63, 3.8) is 0 Å². The Kier molecular flexibility index (Phi) is 5.80. The van der Waals surface area contributed by atoms with Gasteiger partial charge >= 0.3 is 0 Å². The van der Waals surface area contributed by atoms with Crippen LogP contribution in [0.2, 0.25) is 0 Å². The van der Waals surface area contributed by atoms with Crippen LogP contribution in [0.4, 0.5) is 4.39 Å². The summed E-state index contributed by atoms with van der Waals surface area (Å²) >= 11 is 0. The first-order valence-electron chi connectivity index (χ1n) is 9.37. The largest absolute Gasteiger partial charge is 0.508 e. The molecule has 2 unspecified atom stereocenters. The molecule has 1 aliphatic rings. The lowest BCUT2D eigenvalue weighted by Crippen LogP contribution is -2.52. The Balaban J connectivity index is 1.80. The Morgan fingerprint density at radius 3 is 2.37 bits per heavy atom. The third-order valence-electron chi connectivity index (χ3n) is 5.60. The van der Waals surface area contributed by atoms with E-state index in [1.165, 1.54) is 4.90 Å². The highest BCUT2D eigenvalue weighted by atomic mass is 19.1. The van der Waals surface area contributed by atoms with Crippen LogP contribution in [-0.4, -0.2) is 53.8 Å². The van der Waals surface area contributed by atoms with Gasteiger partial charge in [0, 0.05) is 31.5 Å². The number of hydrogen-bond donors (Lipinski definition) is 1. The molecule has 5 heteroatoms. The fourth-order valence-corrected chi connectivity index (χ4v) is 3.74. The Hall–Kier alpha value is -2.40. The van der Waals surface area contributed by atoms with E-state index in [-0.39, 0.29) is 24.6 Å². The van der Waals surface area contributed by atoms with Crippen LogP contribution in [0.3, 0.4) is 0 Å². The SMILES string of the molecule is CN1CCN(C(=O)CCC(C)(c2ccccc2)c2ccc(O)cc2)C(F)C1. The number of rotatable bonds is 5. The first kappa shape index (κ1) is 19.4. The second-order valence-corrected chi connectivity index (χ2v) is 7.53. The highest BCUT2D eigenvalue weighted by Gasteiger charge is 2.33. The second kappa shape index (κ2) is 8.09. The monoisotopic (exact) mass is 370 g/mol. The molecule has 1 aliphatic heterocycles. The van der Waals surface area contributed by atoms with Gasteiger partial charge in [0.2, 0.25) is 5.91 Å². The van der Waals surface area contributed by atoms with Crippen molar-refractivity contribution in [1.82, 2.24) is 9.80 Å². The van der Waals surface area contributed by atoms with Gasteiger partial charge in [-0.05, 0) is 36.7 Å². The van der Waals surface area contributed by atoms with Crippen LogP contribution in [0.5, 0.6) is 5.75 Å².